The third-order valence-corrected chi connectivity index (χ3v) is 7.56. The maximum absolute atomic E-state index is 5.96. The van der Waals surface area contributed by atoms with Crippen LogP contribution < -0.4 is 4.74 Å². The van der Waals surface area contributed by atoms with Crippen molar-refractivity contribution in [1.29, 1.82) is 0 Å². The average Bonchev–Trinajstić information content (AvgIpc) is 2.53. The molecule has 136 valence electrons. The molecule has 5 heteroatoms. The van der Waals surface area contributed by atoms with Gasteiger partial charge in [-0.15, -0.1) is 33.2 Å². The number of benzene rings is 1. The van der Waals surface area contributed by atoms with E-state index in [1.165, 1.54) is 44.1 Å². The van der Waals surface area contributed by atoms with Crippen LogP contribution in [0, 0.1) is 11.8 Å². The minimum Gasteiger partial charge on any atom is -0.493 e. The average molecular weight is 408 g/mol. The summed E-state index contributed by atoms with van der Waals surface area (Å²) in [5, 5.41) is 0. The van der Waals surface area contributed by atoms with Crippen LogP contribution in [0.1, 0.15) is 63.9 Å². The summed E-state index contributed by atoms with van der Waals surface area (Å²) in [6.45, 7) is 4.96. The molecule has 1 aliphatic carbocycles. The molecule has 0 saturated heterocycles. The van der Waals surface area contributed by atoms with Crippen molar-refractivity contribution in [2.24, 2.45) is 11.8 Å². The van der Waals surface area contributed by atoms with Crippen LogP contribution in [0.2, 0.25) is 6.04 Å². The highest BCUT2D eigenvalue weighted by Gasteiger charge is 2.28. The number of ether oxygens (including phenoxy) is 1. The van der Waals surface area contributed by atoms with Gasteiger partial charge in [-0.1, -0.05) is 38.8 Å². The Morgan fingerprint density at radius 3 is 2.25 bits per heavy atom. The third kappa shape index (κ3) is 7.15. The second-order valence-corrected chi connectivity index (χ2v) is 16.5. The van der Waals surface area contributed by atoms with Gasteiger partial charge in [-0.2, -0.15) is 0 Å². The molecule has 1 aromatic rings. The molecule has 0 spiro atoms. The largest absolute Gasteiger partial charge is 0.493 e. The fourth-order valence-corrected chi connectivity index (χ4v) is 7.00. The van der Waals surface area contributed by atoms with Gasteiger partial charge in [-0.05, 0) is 67.2 Å². The maximum Gasteiger partial charge on any atom is 0.341 e. The molecule has 0 aliphatic heterocycles. The molecule has 1 atom stereocenters. The van der Waals surface area contributed by atoms with E-state index >= 15 is 0 Å². The lowest BCUT2D eigenvalue weighted by Crippen LogP contribution is -2.18. The Balaban J connectivity index is 1.79. The summed E-state index contributed by atoms with van der Waals surface area (Å²) in [5.74, 6) is 2.85. The van der Waals surface area contributed by atoms with Crippen molar-refractivity contribution >= 4 is 39.2 Å². The molecule has 1 fully saturated rings. The quantitative estimate of drug-likeness (QED) is 0.321. The van der Waals surface area contributed by atoms with Gasteiger partial charge in [-0.3, -0.25) is 0 Å². The summed E-state index contributed by atoms with van der Waals surface area (Å²) in [7, 11) is 0. The van der Waals surface area contributed by atoms with Crippen molar-refractivity contribution in [2.75, 3.05) is 6.61 Å². The van der Waals surface area contributed by atoms with Crippen LogP contribution in [0.15, 0.2) is 24.3 Å². The van der Waals surface area contributed by atoms with E-state index in [0.717, 1.165) is 17.6 Å². The minimum absolute atomic E-state index is 0.262. The molecule has 0 bridgehead atoms. The van der Waals surface area contributed by atoms with Crippen molar-refractivity contribution in [3.8, 4) is 5.75 Å². The maximum atomic E-state index is 5.96. The van der Waals surface area contributed by atoms with Crippen molar-refractivity contribution in [2.45, 2.75) is 64.3 Å². The molecule has 24 heavy (non-hydrogen) atoms. The summed E-state index contributed by atoms with van der Waals surface area (Å²) in [6, 6.07) is 6.71. The second kappa shape index (κ2) is 9.71. The summed E-state index contributed by atoms with van der Waals surface area (Å²) in [6.07, 6.45) is 8.14. The molecule has 0 amide bonds. The Bertz CT molecular complexity index is 478. The van der Waals surface area contributed by atoms with Crippen molar-refractivity contribution in [3.63, 3.8) is 0 Å². The van der Waals surface area contributed by atoms with Gasteiger partial charge in [0.25, 0.3) is 0 Å². The predicted octanol–water partition coefficient (Wildman–Crippen LogP) is 7.43. The van der Waals surface area contributed by atoms with Crippen molar-refractivity contribution in [3.05, 3.63) is 29.8 Å². The lowest BCUT2D eigenvalue weighted by atomic mass is 9.77. The fraction of sp³-hybridized carbons (Fsp3) is 0.684. The Kier molecular flexibility index (Phi) is 8.26. The van der Waals surface area contributed by atoms with Crippen molar-refractivity contribution < 1.29 is 4.74 Å². The standard InChI is InChI=1S/C19H29Cl3OSi/c1-3-4-16-5-7-17(8-6-16)18-9-11-19(12-10-18)23-13-15(2)14-24(20,21)22/h9-12,15-17H,3-8,13-14H2,1-2H3. The molecule has 1 aliphatic rings. The van der Waals surface area contributed by atoms with E-state index in [1.807, 2.05) is 0 Å². The molecule has 1 nitrogen and oxygen atoms in total. The molecular formula is C19H29Cl3OSi. The summed E-state index contributed by atoms with van der Waals surface area (Å²) >= 11 is 17.9. The predicted molar refractivity (Wildman–Crippen MR) is 109 cm³/mol. The lowest BCUT2D eigenvalue weighted by Gasteiger charge is -2.28. The number of halogens is 3. The summed E-state index contributed by atoms with van der Waals surface area (Å²) in [4.78, 5) is 0. The van der Waals surface area contributed by atoms with Gasteiger partial charge in [0.1, 0.15) is 5.75 Å². The molecule has 0 radical (unpaired) electrons. The SMILES string of the molecule is CCCC1CCC(c2ccc(OCC(C)C[Si](Cl)(Cl)Cl)cc2)CC1. The molecule has 0 N–H and O–H groups in total. The number of rotatable bonds is 8. The van der Waals surface area contributed by atoms with Crippen LogP contribution in [0.3, 0.4) is 0 Å². The molecule has 1 saturated carbocycles. The van der Waals surface area contributed by atoms with E-state index in [9.17, 15) is 0 Å². The topological polar surface area (TPSA) is 9.23 Å². The molecular weight excluding hydrogens is 379 g/mol. The molecule has 2 rings (SSSR count). The van der Waals surface area contributed by atoms with Gasteiger partial charge in [0.15, 0.2) is 0 Å². The fourth-order valence-electron chi connectivity index (χ4n) is 3.72. The van der Waals surface area contributed by atoms with E-state index in [1.54, 1.807) is 0 Å². The Morgan fingerprint density at radius 1 is 1.08 bits per heavy atom. The first kappa shape index (κ1) is 20.4. The van der Waals surface area contributed by atoms with Gasteiger partial charge in [0.05, 0.1) is 6.61 Å². The Morgan fingerprint density at radius 2 is 1.71 bits per heavy atom. The Labute approximate surface area is 162 Å². The van der Waals surface area contributed by atoms with Gasteiger partial charge in [-0.25, -0.2) is 0 Å². The number of hydrogen-bond acceptors (Lipinski definition) is 1. The van der Waals surface area contributed by atoms with Crippen molar-refractivity contribution in [1.82, 2.24) is 0 Å². The van der Waals surface area contributed by atoms with E-state index in [2.05, 4.69) is 38.1 Å². The van der Waals surface area contributed by atoms with Gasteiger partial charge < -0.3 is 4.74 Å². The first-order valence-corrected chi connectivity index (χ1v) is 14.4. The van der Waals surface area contributed by atoms with Crippen LogP contribution >= 0.6 is 33.2 Å². The first-order chi connectivity index (χ1) is 11.4. The molecule has 0 heterocycles. The smallest absolute Gasteiger partial charge is 0.341 e. The molecule has 1 aromatic carbocycles. The van der Waals surface area contributed by atoms with Gasteiger partial charge >= 0.3 is 6.00 Å². The minimum atomic E-state index is -2.57. The zero-order valence-electron chi connectivity index (χ0n) is 14.7. The summed E-state index contributed by atoms with van der Waals surface area (Å²) < 4.78 is 5.85. The Hall–Kier alpha value is 0.107. The van der Waals surface area contributed by atoms with Crippen LogP contribution in [-0.4, -0.2) is 12.6 Å². The van der Waals surface area contributed by atoms with E-state index in [0.29, 0.717) is 12.7 Å². The van der Waals surface area contributed by atoms with E-state index in [4.69, 9.17) is 38.0 Å². The lowest BCUT2D eigenvalue weighted by molar-refractivity contribution is 0.270. The monoisotopic (exact) mass is 406 g/mol. The van der Waals surface area contributed by atoms with E-state index < -0.39 is 6.00 Å². The van der Waals surface area contributed by atoms with Gasteiger partial charge in [0.2, 0.25) is 0 Å². The molecule has 0 aromatic heterocycles. The van der Waals surface area contributed by atoms with Gasteiger partial charge in [0, 0.05) is 0 Å². The third-order valence-electron chi connectivity index (χ3n) is 5.01. The first-order valence-electron chi connectivity index (χ1n) is 9.17. The summed E-state index contributed by atoms with van der Waals surface area (Å²) in [5.41, 5.74) is 1.46. The molecule has 1 unspecified atom stereocenters. The zero-order valence-corrected chi connectivity index (χ0v) is 18.0. The van der Waals surface area contributed by atoms with Crippen LogP contribution in [-0.2, 0) is 0 Å². The normalized spacial score (nSPS) is 23.0. The van der Waals surface area contributed by atoms with Crippen LogP contribution in [0.4, 0.5) is 0 Å². The highest BCUT2D eigenvalue weighted by Crippen LogP contribution is 2.38. The zero-order chi connectivity index (χ0) is 17.6. The number of hydrogen-bond donors (Lipinski definition) is 0. The highest BCUT2D eigenvalue weighted by molar-refractivity contribution is 7.64. The highest BCUT2D eigenvalue weighted by atomic mass is 35.8. The van der Waals surface area contributed by atoms with Crippen LogP contribution in [0.5, 0.6) is 5.75 Å². The van der Waals surface area contributed by atoms with Crippen LogP contribution in [0.25, 0.3) is 0 Å². The second-order valence-electron chi connectivity index (χ2n) is 7.31. The van der Waals surface area contributed by atoms with E-state index in [-0.39, 0.29) is 5.92 Å².